The van der Waals surface area contributed by atoms with Crippen molar-refractivity contribution in [2.75, 3.05) is 0 Å². The number of H-pyrrole nitrogens is 1. The molecular weight excluding hydrogens is 258 g/mol. The molecule has 0 amide bonds. The summed E-state index contributed by atoms with van der Waals surface area (Å²) in [5.74, 6) is -0.485. The summed E-state index contributed by atoms with van der Waals surface area (Å²) in [6, 6.07) is 8.49. The van der Waals surface area contributed by atoms with E-state index in [-0.39, 0.29) is 5.82 Å². The van der Waals surface area contributed by atoms with Crippen LogP contribution in [-0.2, 0) is 0 Å². The Labute approximate surface area is 106 Å². The molecule has 0 aliphatic rings. The normalized spacial score (nSPS) is 11.1. The van der Waals surface area contributed by atoms with E-state index in [2.05, 4.69) is 9.97 Å². The SMILES string of the molecule is Fc1ccc2nc(-c3ccc(Cl)cc3F)[nH]c2c1. The molecule has 2 aromatic carbocycles. The van der Waals surface area contributed by atoms with Crippen molar-refractivity contribution in [3.63, 3.8) is 0 Å². The first-order valence-corrected chi connectivity index (χ1v) is 5.62. The van der Waals surface area contributed by atoms with E-state index >= 15 is 0 Å². The average Bonchev–Trinajstić information content (AvgIpc) is 2.71. The second-order valence-corrected chi connectivity index (χ2v) is 4.31. The third kappa shape index (κ3) is 1.84. The summed E-state index contributed by atoms with van der Waals surface area (Å²) in [6.07, 6.45) is 0. The molecule has 0 spiro atoms. The molecule has 0 atom stereocenters. The van der Waals surface area contributed by atoms with Crippen molar-refractivity contribution in [3.05, 3.63) is 53.1 Å². The maximum Gasteiger partial charge on any atom is 0.141 e. The quantitative estimate of drug-likeness (QED) is 0.702. The molecule has 0 aliphatic carbocycles. The highest BCUT2D eigenvalue weighted by Crippen LogP contribution is 2.25. The number of imidazole rings is 1. The van der Waals surface area contributed by atoms with Crippen molar-refractivity contribution in [1.82, 2.24) is 9.97 Å². The number of hydrogen-bond donors (Lipinski definition) is 1. The molecular formula is C13H7ClF2N2. The Morgan fingerprint density at radius 1 is 1.06 bits per heavy atom. The maximum atomic E-state index is 13.7. The second kappa shape index (κ2) is 4.07. The van der Waals surface area contributed by atoms with Crippen LogP contribution in [0.3, 0.4) is 0 Å². The lowest BCUT2D eigenvalue weighted by Crippen LogP contribution is -1.85. The standard InChI is InChI=1S/C13H7ClF2N2/c14-7-1-3-9(10(16)5-7)13-17-11-4-2-8(15)6-12(11)18-13/h1-6H,(H,17,18). The Morgan fingerprint density at radius 2 is 1.89 bits per heavy atom. The third-order valence-electron chi connectivity index (χ3n) is 2.63. The van der Waals surface area contributed by atoms with Crippen molar-refractivity contribution in [1.29, 1.82) is 0 Å². The highest BCUT2D eigenvalue weighted by molar-refractivity contribution is 6.30. The first-order valence-electron chi connectivity index (χ1n) is 5.24. The van der Waals surface area contributed by atoms with Gasteiger partial charge in [0.15, 0.2) is 0 Å². The summed E-state index contributed by atoms with van der Waals surface area (Å²) in [6.45, 7) is 0. The van der Waals surface area contributed by atoms with Gasteiger partial charge in [0.1, 0.15) is 17.5 Å². The second-order valence-electron chi connectivity index (χ2n) is 3.87. The monoisotopic (exact) mass is 264 g/mol. The number of nitrogens with one attached hydrogen (secondary N) is 1. The molecule has 0 fully saturated rings. The van der Waals surface area contributed by atoms with E-state index in [0.29, 0.717) is 27.4 Å². The summed E-state index contributed by atoms with van der Waals surface area (Å²) in [5.41, 5.74) is 1.41. The van der Waals surface area contributed by atoms with E-state index in [0.717, 1.165) is 0 Å². The van der Waals surface area contributed by atoms with Gasteiger partial charge in [-0.1, -0.05) is 11.6 Å². The van der Waals surface area contributed by atoms with E-state index in [1.165, 1.54) is 24.3 Å². The molecule has 90 valence electrons. The largest absolute Gasteiger partial charge is 0.338 e. The molecule has 18 heavy (non-hydrogen) atoms. The van der Waals surface area contributed by atoms with Crippen LogP contribution in [0.1, 0.15) is 0 Å². The van der Waals surface area contributed by atoms with Gasteiger partial charge in [0.25, 0.3) is 0 Å². The van der Waals surface area contributed by atoms with Crippen LogP contribution in [0.25, 0.3) is 22.4 Å². The highest BCUT2D eigenvalue weighted by Gasteiger charge is 2.10. The summed E-state index contributed by atoms with van der Waals surface area (Å²) >= 11 is 5.68. The number of rotatable bonds is 1. The molecule has 2 nitrogen and oxygen atoms in total. The van der Waals surface area contributed by atoms with Gasteiger partial charge in [-0.25, -0.2) is 13.8 Å². The van der Waals surface area contributed by atoms with Crippen molar-refractivity contribution in [2.24, 2.45) is 0 Å². The Balaban J connectivity index is 2.19. The van der Waals surface area contributed by atoms with Crippen LogP contribution in [-0.4, -0.2) is 9.97 Å². The number of aromatic nitrogens is 2. The van der Waals surface area contributed by atoms with Crippen molar-refractivity contribution in [3.8, 4) is 11.4 Å². The first kappa shape index (κ1) is 11.2. The van der Waals surface area contributed by atoms with Gasteiger partial charge < -0.3 is 4.98 Å². The third-order valence-corrected chi connectivity index (χ3v) is 2.87. The molecule has 1 heterocycles. The number of hydrogen-bond acceptors (Lipinski definition) is 1. The fourth-order valence-electron chi connectivity index (χ4n) is 1.79. The molecule has 1 N–H and O–H groups in total. The molecule has 0 unspecified atom stereocenters. The van der Waals surface area contributed by atoms with E-state index in [9.17, 15) is 8.78 Å². The number of halogens is 3. The van der Waals surface area contributed by atoms with Gasteiger partial charge in [0, 0.05) is 5.02 Å². The lowest BCUT2D eigenvalue weighted by Gasteiger charge is -1.99. The van der Waals surface area contributed by atoms with Gasteiger partial charge in [-0.05, 0) is 36.4 Å². The smallest absolute Gasteiger partial charge is 0.141 e. The van der Waals surface area contributed by atoms with Crippen molar-refractivity contribution < 1.29 is 8.78 Å². The molecule has 0 aliphatic heterocycles. The van der Waals surface area contributed by atoms with E-state index in [4.69, 9.17) is 11.6 Å². The van der Waals surface area contributed by atoms with Gasteiger partial charge in [-0.15, -0.1) is 0 Å². The lowest BCUT2D eigenvalue weighted by atomic mass is 10.2. The van der Waals surface area contributed by atoms with Crippen molar-refractivity contribution >= 4 is 22.6 Å². The fraction of sp³-hybridized carbons (Fsp3) is 0. The van der Waals surface area contributed by atoms with Gasteiger partial charge in [-0.3, -0.25) is 0 Å². The van der Waals surface area contributed by atoms with Gasteiger partial charge in [0.2, 0.25) is 0 Å². The zero-order valence-corrected chi connectivity index (χ0v) is 9.80. The molecule has 5 heteroatoms. The summed E-state index contributed by atoms with van der Waals surface area (Å²) in [5, 5.41) is 0.318. The zero-order valence-electron chi connectivity index (χ0n) is 9.05. The van der Waals surface area contributed by atoms with Crippen LogP contribution in [0.2, 0.25) is 5.02 Å². The highest BCUT2D eigenvalue weighted by atomic mass is 35.5. The number of benzene rings is 2. The Bertz CT molecular complexity index is 737. The van der Waals surface area contributed by atoms with Crippen LogP contribution < -0.4 is 0 Å². The minimum atomic E-state index is -0.470. The van der Waals surface area contributed by atoms with E-state index < -0.39 is 5.82 Å². The predicted octanol–water partition coefficient (Wildman–Crippen LogP) is 4.16. The molecule has 0 bridgehead atoms. The number of fused-ring (bicyclic) bond motifs is 1. The minimum absolute atomic E-state index is 0.302. The number of nitrogens with zero attached hydrogens (tertiary/aromatic N) is 1. The van der Waals surface area contributed by atoms with Gasteiger partial charge in [0.05, 0.1) is 16.6 Å². The van der Waals surface area contributed by atoms with Crippen LogP contribution >= 0.6 is 11.6 Å². The van der Waals surface area contributed by atoms with Crippen LogP contribution in [0.5, 0.6) is 0 Å². The van der Waals surface area contributed by atoms with Crippen LogP contribution in [0.15, 0.2) is 36.4 Å². The summed E-state index contributed by atoms with van der Waals surface area (Å²) in [4.78, 5) is 7.09. The fourth-order valence-corrected chi connectivity index (χ4v) is 1.95. The Morgan fingerprint density at radius 3 is 2.67 bits per heavy atom. The van der Waals surface area contributed by atoms with Crippen LogP contribution in [0, 0.1) is 11.6 Å². The first-order chi connectivity index (χ1) is 8.63. The minimum Gasteiger partial charge on any atom is -0.338 e. The van der Waals surface area contributed by atoms with E-state index in [1.54, 1.807) is 12.1 Å². The summed E-state index contributed by atoms with van der Waals surface area (Å²) in [7, 11) is 0. The molecule has 1 aromatic heterocycles. The number of aromatic amines is 1. The maximum absolute atomic E-state index is 13.7. The van der Waals surface area contributed by atoms with E-state index in [1.807, 2.05) is 0 Å². The topological polar surface area (TPSA) is 28.7 Å². The predicted molar refractivity (Wildman–Crippen MR) is 66.5 cm³/mol. The average molecular weight is 265 g/mol. The Hall–Kier alpha value is -1.94. The van der Waals surface area contributed by atoms with Crippen LogP contribution in [0.4, 0.5) is 8.78 Å². The molecule has 0 saturated heterocycles. The van der Waals surface area contributed by atoms with Gasteiger partial charge >= 0.3 is 0 Å². The zero-order chi connectivity index (χ0) is 12.7. The summed E-state index contributed by atoms with van der Waals surface area (Å²) < 4.78 is 26.8. The molecule has 0 saturated carbocycles. The van der Waals surface area contributed by atoms with Crippen molar-refractivity contribution in [2.45, 2.75) is 0 Å². The molecule has 0 radical (unpaired) electrons. The molecule has 3 rings (SSSR count). The van der Waals surface area contributed by atoms with Gasteiger partial charge in [-0.2, -0.15) is 0 Å². The Kier molecular flexibility index (Phi) is 2.52. The lowest BCUT2D eigenvalue weighted by molar-refractivity contribution is 0.629. The molecule has 3 aromatic rings.